The van der Waals surface area contributed by atoms with E-state index < -0.39 is 0 Å². The summed E-state index contributed by atoms with van der Waals surface area (Å²) in [5, 5.41) is 0. The highest BCUT2D eigenvalue weighted by Crippen LogP contribution is 2.27. The van der Waals surface area contributed by atoms with Gasteiger partial charge in [-0.15, -0.1) is 0 Å². The summed E-state index contributed by atoms with van der Waals surface area (Å²) in [6, 6.07) is 0.414. The molecule has 0 unspecified atom stereocenters. The lowest BCUT2D eigenvalue weighted by Gasteiger charge is -2.40. The van der Waals surface area contributed by atoms with Crippen molar-refractivity contribution in [3.05, 3.63) is 0 Å². The van der Waals surface area contributed by atoms with E-state index in [1.54, 1.807) is 0 Å². The van der Waals surface area contributed by atoms with E-state index >= 15 is 0 Å². The lowest BCUT2D eigenvalue weighted by molar-refractivity contribution is -0.152. The first-order valence-electron chi connectivity index (χ1n) is 8.59. The standard InChI is InChI=1S/C17H31NO2/c1-4-16(20-14-9-5-6-10-14)17(19)18-12-8-7-11-15(18)13(2)3/h13-16H,4-12H2,1-3H3/t15-,16+/m0/s1. The number of carbonyl (C=O) groups is 1. The molecule has 1 aliphatic heterocycles. The minimum atomic E-state index is -0.211. The van der Waals surface area contributed by atoms with E-state index in [4.69, 9.17) is 4.74 Å². The van der Waals surface area contributed by atoms with Crippen molar-refractivity contribution in [3.8, 4) is 0 Å². The van der Waals surface area contributed by atoms with Crippen LogP contribution in [0.3, 0.4) is 0 Å². The van der Waals surface area contributed by atoms with Crippen LogP contribution in [0.25, 0.3) is 0 Å². The Kier molecular flexibility index (Phi) is 5.88. The number of carbonyl (C=O) groups excluding carboxylic acids is 1. The predicted molar refractivity (Wildman–Crippen MR) is 81.6 cm³/mol. The fraction of sp³-hybridized carbons (Fsp3) is 0.941. The van der Waals surface area contributed by atoms with Crippen LogP contribution in [0, 0.1) is 5.92 Å². The van der Waals surface area contributed by atoms with Crippen LogP contribution in [-0.4, -0.2) is 35.6 Å². The van der Waals surface area contributed by atoms with Gasteiger partial charge < -0.3 is 9.64 Å². The van der Waals surface area contributed by atoms with Crippen molar-refractivity contribution in [2.24, 2.45) is 5.92 Å². The second-order valence-electron chi connectivity index (χ2n) is 6.78. The predicted octanol–water partition coefficient (Wildman–Crippen LogP) is 3.76. The summed E-state index contributed by atoms with van der Waals surface area (Å²) in [5.41, 5.74) is 0. The maximum Gasteiger partial charge on any atom is 0.251 e. The number of likely N-dealkylation sites (tertiary alicyclic amines) is 1. The third-order valence-electron chi connectivity index (χ3n) is 4.91. The Morgan fingerprint density at radius 2 is 1.80 bits per heavy atom. The molecule has 2 rings (SSSR count). The molecule has 0 aromatic heterocycles. The van der Waals surface area contributed by atoms with E-state index in [9.17, 15) is 4.79 Å². The van der Waals surface area contributed by atoms with Gasteiger partial charge in [0.15, 0.2) is 0 Å². The Bertz CT molecular complexity index is 310. The molecule has 3 nitrogen and oxygen atoms in total. The molecule has 3 heteroatoms. The van der Waals surface area contributed by atoms with E-state index in [0.29, 0.717) is 18.1 Å². The third-order valence-corrected chi connectivity index (χ3v) is 4.91. The molecule has 1 amide bonds. The lowest BCUT2D eigenvalue weighted by Crippen LogP contribution is -2.51. The summed E-state index contributed by atoms with van der Waals surface area (Å²) in [7, 11) is 0. The summed E-state index contributed by atoms with van der Waals surface area (Å²) in [5.74, 6) is 0.793. The van der Waals surface area contributed by atoms with Crippen molar-refractivity contribution >= 4 is 5.91 Å². The Morgan fingerprint density at radius 1 is 1.15 bits per heavy atom. The van der Waals surface area contributed by atoms with E-state index in [2.05, 4.69) is 25.7 Å². The highest BCUT2D eigenvalue weighted by molar-refractivity contribution is 5.81. The van der Waals surface area contributed by atoms with Gasteiger partial charge in [0.25, 0.3) is 5.91 Å². The van der Waals surface area contributed by atoms with E-state index in [0.717, 1.165) is 38.6 Å². The van der Waals surface area contributed by atoms with E-state index in [1.165, 1.54) is 19.3 Å². The van der Waals surface area contributed by atoms with Crippen LogP contribution in [0.1, 0.15) is 72.1 Å². The molecule has 1 saturated heterocycles. The Balaban J connectivity index is 1.98. The minimum absolute atomic E-state index is 0.211. The molecule has 1 saturated carbocycles. The van der Waals surface area contributed by atoms with Crippen LogP contribution < -0.4 is 0 Å². The molecule has 2 fully saturated rings. The molecule has 0 bridgehead atoms. The van der Waals surface area contributed by atoms with Gasteiger partial charge in [0.1, 0.15) is 6.10 Å². The van der Waals surface area contributed by atoms with Crippen LogP contribution in [0.4, 0.5) is 0 Å². The average Bonchev–Trinajstić information content (AvgIpc) is 2.97. The van der Waals surface area contributed by atoms with Gasteiger partial charge in [-0.25, -0.2) is 0 Å². The van der Waals surface area contributed by atoms with Gasteiger partial charge in [-0.05, 0) is 44.4 Å². The summed E-state index contributed by atoms with van der Waals surface area (Å²) < 4.78 is 6.11. The topological polar surface area (TPSA) is 29.5 Å². The van der Waals surface area contributed by atoms with Gasteiger partial charge in [-0.1, -0.05) is 33.6 Å². The van der Waals surface area contributed by atoms with E-state index in [1.807, 2.05) is 0 Å². The van der Waals surface area contributed by atoms with Gasteiger partial charge >= 0.3 is 0 Å². The Hall–Kier alpha value is -0.570. The molecule has 0 aromatic rings. The zero-order valence-corrected chi connectivity index (χ0v) is 13.4. The maximum absolute atomic E-state index is 12.8. The summed E-state index contributed by atoms with van der Waals surface area (Å²) in [6.07, 6.45) is 9.26. The van der Waals surface area contributed by atoms with Crippen LogP contribution >= 0.6 is 0 Å². The van der Waals surface area contributed by atoms with Crippen molar-refractivity contribution in [1.82, 2.24) is 4.90 Å². The molecule has 20 heavy (non-hydrogen) atoms. The third kappa shape index (κ3) is 3.75. The molecular formula is C17H31NO2. The smallest absolute Gasteiger partial charge is 0.251 e. The number of amides is 1. The highest BCUT2D eigenvalue weighted by atomic mass is 16.5. The zero-order chi connectivity index (χ0) is 14.5. The van der Waals surface area contributed by atoms with Gasteiger partial charge in [0.05, 0.1) is 6.10 Å². The molecule has 1 heterocycles. The number of rotatable bonds is 5. The molecule has 2 aliphatic rings. The SMILES string of the molecule is CC[C@@H](OC1CCCC1)C(=O)N1CCCC[C@H]1C(C)C. The van der Waals surface area contributed by atoms with Crippen molar-refractivity contribution in [1.29, 1.82) is 0 Å². The molecule has 2 atom stereocenters. The molecule has 0 N–H and O–H groups in total. The van der Waals surface area contributed by atoms with Crippen LogP contribution in [0.2, 0.25) is 0 Å². The Morgan fingerprint density at radius 3 is 2.40 bits per heavy atom. The monoisotopic (exact) mass is 281 g/mol. The number of hydrogen-bond donors (Lipinski definition) is 0. The summed E-state index contributed by atoms with van der Waals surface area (Å²) in [4.78, 5) is 15.0. The highest BCUT2D eigenvalue weighted by Gasteiger charge is 2.34. The number of hydrogen-bond acceptors (Lipinski definition) is 2. The van der Waals surface area contributed by atoms with Crippen molar-refractivity contribution < 1.29 is 9.53 Å². The number of ether oxygens (including phenoxy) is 1. The molecule has 116 valence electrons. The molecule has 0 spiro atoms. The van der Waals surface area contributed by atoms with Crippen molar-refractivity contribution in [2.75, 3.05) is 6.54 Å². The van der Waals surface area contributed by atoms with Crippen LogP contribution in [0.15, 0.2) is 0 Å². The molecule has 0 radical (unpaired) electrons. The first-order valence-corrected chi connectivity index (χ1v) is 8.59. The molecular weight excluding hydrogens is 250 g/mol. The largest absolute Gasteiger partial charge is 0.365 e. The molecule has 1 aliphatic carbocycles. The van der Waals surface area contributed by atoms with Gasteiger partial charge in [-0.3, -0.25) is 4.79 Å². The van der Waals surface area contributed by atoms with Gasteiger partial charge in [-0.2, -0.15) is 0 Å². The normalized spacial score (nSPS) is 26.2. The summed E-state index contributed by atoms with van der Waals surface area (Å²) in [6.45, 7) is 7.46. The summed E-state index contributed by atoms with van der Waals surface area (Å²) >= 11 is 0. The first kappa shape index (κ1) is 15.8. The maximum atomic E-state index is 12.8. The number of piperidine rings is 1. The first-order chi connectivity index (χ1) is 9.63. The zero-order valence-electron chi connectivity index (χ0n) is 13.4. The lowest BCUT2D eigenvalue weighted by atomic mass is 9.92. The quantitative estimate of drug-likeness (QED) is 0.768. The van der Waals surface area contributed by atoms with E-state index in [-0.39, 0.29) is 12.0 Å². The minimum Gasteiger partial charge on any atom is -0.365 e. The van der Waals surface area contributed by atoms with Gasteiger partial charge in [0, 0.05) is 12.6 Å². The number of nitrogens with zero attached hydrogens (tertiary/aromatic N) is 1. The van der Waals surface area contributed by atoms with Crippen LogP contribution in [-0.2, 0) is 9.53 Å². The second-order valence-corrected chi connectivity index (χ2v) is 6.78. The fourth-order valence-corrected chi connectivity index (χ4v) is 3.69. The van der Waals surface area contributed by atoms with Crippen LogP contribution in [0.5, 0.6) is 0 Å². The Labute approximate surface area is 124 Å². The molecule has 0 aromatic carbocycles. The average molecular weight is 281 g/mol. The van der Waals surface area contributed by atoms with Crippen molar-refractivity contribution in [2.45, 2.75) is 90.4 Å². The second kappa shape index (κ2) is 7.44. The van der Waals surface area contributed by atoms with Gasteiger partial charge in [0.2, 0.25) is 0 Å². The van der Waals surface area contributed by atoms with Crippen molar-refractivity contribution in [3.63, 3.8) is 0 Å². The fourth-order valence-electron chi connectivity index (χ4n) is 3.69.